The second-order valence-electron chi connectivity index (χ2n) is 18.9. The lowest BCUT2D eigenvalue weighted by atomic mass is 9.86. The number of likely N-dealkylation sites (N-methyl/N-ethyl adjacent to an activating group) is 2. The Labute approximate surface area is 373 Å². The van der Waals surface area contributed by atoms with Crippen LogP contribution in [0.4, 0.5) is 4.79 Å². The number of benzene rings is 1. The molecule has 1 aliphatic heterocycles. The van der Waals surface area contributed by atoms with Gasteiger partial charge in [-0.1, -0.05) is 85.2 Å². The maximum atomic E-state index is 14.4. The summed E-state index contributed by atoms with van der Waals surface area (Å²) >= 11 is 0. The Morgan fingerprint density at radius 1 is 0.919 bits per heavy atom. The monoisotopic (exact) mass is 891 g/mol. The summed E-state index contributed by atoms with van der Waals surface area (Å²) in [5.74, 6) is -2.04. The number of likely N-dealkylation sites (tertiary alicyclic amines) is 1. The fourth-order valence-electron chi connectivity index (χ4n) is 9.66. The first-order valence-corrected chi connectivity index (χ1v) is 25.6. The number of nitrogens with two attached hydrogens (primary N) is 1. The minimum Gasteiger partial charge on any atom is -0.450 e. The zero-order valence-corrected chi connectivity index (χ0v) is 41.5. The van der Waals surface area contributed by atoms with Gasteiger partial charge in [0.15, 0.2) is 8.32 Å². The minimum absolute atomic E-state index is 0.00285. The Bertz CT molecular complexity index is 1570. The van der Waals surface area contributed by atoms with Gasteiger partial charge in [-0.25, -0.2) is 4.79 Å². The van der Waals surface area contributed by atoms with Crippen molar-refractivity contribution in [2.45, 2.75) is 154 Å². The Morgan fingerprint density at radius 2 is 1.53 bits per heavy atom. The van der Waals surface area contributed by atoms with Crippen molar-refractivity contribution in [1.82, 2.24) is 25.3 Å². The lowest BCUT2D eigenvalue weighted by Crippen LogP contribution is -2.59. The van der Waals surface area contributed by atoms with E-state index >= 15 is 0 Å². The molecule has 1 aromatic rings. The lowest BCUT2D eigenvalue weighted by Gasteiger charge is -2.41. The molecule has 1 unspecified atom stereocenters. The van der Waals surface area contributed by atoms with Gasteiger partial charge in [-0.2, -0.15) is 0 Å². The molecule has 0 aromatic heterocycles. The Hall–Kier alpha value is -3.57. The van der Waals surface area contributed by atoms with E-state index < -0.39 is 56.7 Å². The minimum atomic E-state index is -2.90. The molecule has 15 nitrogen and oxygen atoms in total. The van der Waals surface area contributed by atoms with E-state index in [1.807, 2.05) is 111 Å². The predicted octanol–water partition coefficient (Wildman–Crippen LogP) is 4.98. The topological polar surface area (TPSA) is 193 Å². The molecular formula is C46H82N6O9Si. The molecule has 16 heteroatoms. The number of rotatable bonds is 25. The molecule has 1 aromatic carbocycles. The number of amides is 5. The smallest absolute Gasteiger partial charge is 0.404 e. The first-order valence-electron chi connectivity index (χ1n) is 22.5. The zero-order chi connectivity index (χ0) is 47.2. The molecule has 1 heterocycles. The van der Waals surface area contributed by atoms with Gasteiger partial charge in [0.2, 0.25) is 23.6 Å². The van der Waals surface area contributed by atoms with Crippen LogP contribution in [0.3, 0.4) is 0 Å². The zero-order valence-electron chi connectivity index (χ0n) is 40.5. The summed E-state index contributed by atoms with van der Waals surface area (Å²) < 4.78 is 17.2. The van der Waals surface area contributed by atoms with E-state index in [-0.39, 0.29) is 71.9 Å². The van der Waals surface area contributed by atoms with E-state index in [1.54, 1.807) is 38.0 Å². The fourth-order valence-corrected chi connectivity index (χ4v) is 11.8. The Kier molecular flexibility index (Phi) is 22.0. The molecule has 1 saturated heterocycles. The average Bonchev–Trinajstić information content (AvgIpc) is 3.68. The van der Waals surface area contributed by atoms with Gasteiger partial charge in [0.1, 0.15) is 6.04 Å². The van der Waals surface area contributed by atoms with Crippen LogP contribution in [0.25, 0.3) is 0 Å². The van der Waals surface area contributed by atoms with Crippen molar-refractivity contribution in [2.24, 2.45) is 29.4 Å². The standard InChI is InChI=1S/C46H82N6O9Si/c1-16-30(6)41(51(11)45(56)39(28(2)3)49-44(55)40(29(4)5)50(9)10)35(59-12)27-37(53)52-25-20-23-34(52)42(60-13)31(7)43(54)48-32(8)38(33-21-18-17-19-22-33)36(62(14,15)58)24-26-61-46(47)57/h17-19,21-22,28-32,34-36,38-42,58H,16,20,23-27H2,1-15H3,(H2,47,57)(H,48,54)(H,49,55)/t30-,31+,32+,34-,35+,36?,38+,39-,40-,41-,42+/m0/s1. The van der Waals surface area contributed by atoms with Crippen LogP contribution in [0.2, 0.25) is 18.6 Å². The molecule has 0 bridgehead atoms. The third kappa shape index (κ3) is 14.7. The average molecular weight is 891 g/mol. The van der Waals surface area contributed by atoms with Crippen molar-refractivity contribution in [3.05, 3.63) is 35.9 Å². The number of nitrogens with zero attached hydrogens (tertiary/aromatic N) is 3. The molecule has 0 spiro atoms. The predicted molar refractivity (Wildman–Crippen MR) is 246 cm³/mol. The van der Waals surface area contributed by atoms with Crippen LogP contribution in [0, 0.1) is 23.7 Å². The third-order valence-electron chi connectivity index (χ3n) is 13.1. The molecule has 1 aliphatic rings. The molecule has 62 heavy (non-hydrogen) atoms. The van der Waals surface area contributed by atoms with Crippen molar-refractivity contribution in [3.63, 3.8) is 0 Å². The molecule has 1 fully saturated rings. The summed E-state index contributed by atoms with van der Waals surface area (Å²) in [6.45, 7) is 19.8. The molecule has 0 radical (unpaired) electrons. The lowest BCUT2D eigenvalue weighted by molar-refractivity contribution is -0.148. The maximum absolute atomic E-state index is 14.4. The highest BCUT2D eigenvalue weighted by molar-refractivity contribution is 6.71. The Balaban J connectivity index is 2.36. The van der Waals surface area contributed by atoms with Gasteiger partial charge < -0.3 is 45.2 Å². The molecule has 2 rings (SSSR count). The van der Waals surface area contributed by atoms with E-state index in [4.69, 9.17) is 19.9 Å². The van der Waals surface area contributed by atoms with Gasteiger partial charge in [-0.3, -0.25) is 24.1 Å². The normalized spacial score (nSPS) is 19.5. The quantitative estimate of drug-likeness (QED) is 0.0975. The van der Waals surface area contributed by atoms with Crippen molar-refractivity contribution in [1.29, 1.82) is 0 Å². The SMILES string of the molecule is CC[C@H](C)[C@@H]([C@@H](CC(=O)N1CCC[C@H]1[C@H](OC)[C@@H](C)C(=O)N[C@H](C)[C@H](c1ccccc1)C(CCOC(N)=O)[Si](C)(C)O)OC)N(C)C(=O)[C@@H](NC(=O)[C@H](C(C)C)N(C)C)C(C)C. The van der Waals surface area contributed by atoms with E-state index in [1.165, 1.54) is 0 Å². The summed E-state index contributed by atoms with van der Waals surface area (Å²) in [6.07, 6.45) is 0.291. The number of hydrogen-bond acceptors (Lipinski definition) is 10. The molecular weight excluding hydrogens is 809 g/mol. The van der Waals surface area contributed by atoms with Crippen molar-refractivity contribution >= 4 is 38.0 Å². The van der Waals surface area contributed by atoms with Gasteiger partial charge in [0.25, 0.3) is 0 Å². The number of nitrogens with one attached hydrogen (secondary N) is 2. The molecule has 354 valence electrons. The third-order valence-corrected chi connectivity index (χ3v) is 15.5. The van der Waals surface area contributed by atoms with E-state index in [0.29, 0.717) is 19.4 Å². The van der Waals surface area contributed by atoms with E-state index in [2.05, 4.69) is 10.6 Å². The number of ether oxygens (including phenoxy) is 3. The summed E-state index contributed by atoms with van der Waals surface area (Å²) in [5.41, 5.74) is 5.89. The highest BCUT2D eigenvalue weighted by Gasteiger charge is 2.45. The fraction of sp³-hybridized carbons (Fsp3) is 0.761. The number of carbonyl (C=O) groups excluding carboxylic acids is 5. The second kappa shape index (κ2) is 25.1. The molecule has 11 atom stereocenters. The number of carbonyl (C=O) groups is 5. The van der Waals surface area contributed by atoms with Crippen LogP contribution in [0.1, 0.15) is 99.0 Å². The van der Waals surface area contributed by atoms with Crippen LogP contribution in [0.5, 0.6) is 0 Å². The largest absolute Gasteiger partial charge is 0.450 e. The molecule has 5 N–H and O–H groups in total. The summed E-state index contributed by atoms with van der Waals surface area (Å²) in [5, 5.41) is 6.27. The van der Waals surface area contributed by atoms with Gasteiger partial charge in [-0.05, 0) is 82.2 Å². The van der Waals surface area contributed by atoms with Gasteiger partial charge in [0.05, 0.1) is 49.3 Å². The van der Waals surface area contributed by atoms with Crippen LogP contribution in [-0.2, 0) is 33.4 Å². The summed E-state index contributed by atoms with van der Waals surface area (Å²) in [7, 11) is 5.65. The molecule has 0 saturated carbocycles. The highest BCUT2D eigenvalue weighted by Crippen LogP contribution is 2.41. The van der Waals surface area contributed by atoms with Crippen molar-refractivity contribution in [2.75, 3.05) is 48.5 Å². The van der Waals surface area contributed by atoms with Crippen molar-refractivity contribution < 1.29 is 43.0 Å². The highest BCUT2D eigenvalue weighted by atomic mass is 28.4. The second-order valence-corrected chi connectivity index (χ2v) is 23.0. The van der Waals surface area contributed by atoms with Gasteiger partial charge in [0, 0.05) is 39.8 Å². The van der Waals surface area contributed by atoms with Gasteiger partial charge in [-0.15, -0.1) is 0 Å². The first-order chi connectivity index (χ1) is 28.9. The number of primary amides is 1. The molecule has 0 aliphatic carbocycles. The summed E-state index contributed by atoms with van der Waals surface area (Å²) in [6, 6.07) is 7.20. The van der Waals surface area contributed by atoms with Crippen LogP contribution in [0.15, 0.2) is 30.3 Å². The van der Waals surface area contributed by atoms with Crippen LogP contribution >= 0.6 is 0 Å². The first kappa shape index (κ1) is 54.6. The van der Waals surface area contributed by atoms with Crippen molar-refractivity contribution in [3.8, 4) is 0 Å². The van der Waals surface area contributed by atoms with Crippen LogP contribution < -0.4 is 16.4 Å². The number of hydrogen-bond donors (Lipinski definition) is 4. The maximum Gasteiger partial charge on any atom is 0.404 e. The molecule has 5 amide bonds. The van der Waals surface area contributed by atoms with Crippen LogP contribution in [-0.4, -0.2) is 148 Å². The van der Waals surface area contributed by atoms with E-state index in [9.17, 15) is 28.8 Å². The Morgan fingerprint density at radius 3 is 2.02 bits per heavy atom. The van der Waals surface area contributed by atoms with Gasteiger partial charge >= 0.3 is 6.09 Å². The van der Waals surface area contributed by atoms with E-state index in [0.717, 1.165) is 18.4 Å². The number of methoxy groups -OCH3 is 2. The summed E-state index contributed by atoms with van der Waals surface area (Å²) in [4.78, 5) is 84.7.